The number of allylic oxidation sites excluding steroid dienone is 2. The molecule has 1 unspecified atom stereocenters. The van der Waals surface area contributed by atoms with Crippen molar-refractivity contribution in [2.75, 3.05) is 7.11 Å². The van der Waals surface area contributed by atoms with E-state index in [0.29, 0.717) is 40.8 Å². The molecule has 0 radical (unpaired) electrons. The van der Waals surface area contributed by atoms with Gasteiger partial charge in [0.25, 0.3) is 0 Å². The molecule has 1 aliphatic heterocycles. The van der Waals surface area contributed by atoms with Gasteiger partial charge >= 0.3 is 5.97 Å². The molecule has 0 bridgehead atoms. The Balaban J connectivity index is 2.32. The summed E-state index contributed by atoms with van der Waals surface area (Å²) in [5, 5.41) is 0. The molecule has 1 atom stereocenters. The largest absolute Gasteiger partial charge is 0.496 e. The molecule has 3 nitrogen and oxygen atoms in total. The maximum Gasteiger partial charge on any atom is 0.342 e. The minimum Gasteiger partial charge on any atom is -0.496 e. The molecule has 1 aliphatic rings. The van der Waals surface area contributed by atoms with Gasteiger partial charge in [-0.25, -0.2) is 4.79 Å². The number of carbonyl (C=O) groups is 1. The van der Waals surface area contributed by atoms with Crippen molar-refractivity contribution < 1.29 is 14.3 Å². The van der Waals surface area contributed by atoms with Gasteiger partial charge in [0.05, 0.1) is 7.11 Å². The molecule has 0 saturated carbocycles. The summed E-state index contributed by atoms with van der Waals surface area (Å²) in [5.74, 6) is 3.80. The number of cyclic esters (lactones) is 1. The van der Waals surface area contributed by atoms with Crippen molar-refractivity contribution >= 4 is 14.0 Å². The Bertz CT molecular complexity index is 820. The first kappa shape index (κ1) is 26.3. The van der Waals surface area contributed by atoms with Crippen LogP contribution in [0.1, 0.15) is 89.6 Å². The Kier molecular flexibility index (Phi) is 10.1. The zero-order valence-corrected chi connectivity index (χ0v) is 22.2. The van der Waals surface area contributed by atoms with Crippen molar-refractivity contribution in [3.63, 3.8) is 0 Å². The van der Waals surface area contributed by atoms with E-state index in [1.165, 1.54) is 0 Å². The third-order valence-corrected chi connectivity index (χ3v) is 13.3. The van der Waals surface area contributed by atoms with Gasteiger partial charge < -0.3 is 9.47 Å². The van der Waals surface area contributed by atoms with Crippen molar-refractivity contribution in [3.05, 3.63) is 41.5 Å². The zero-order valence-electron chi connectivity index (χ0n) is 21.2. The molecule has 176 valence electrons. The van der Waals surface area contributed by atoms with Crippen LogP contribution in [-0.2, 0) is 11.2 Å². The Morgan fingerprint density at radius 1 is 1.06 bits per heavy atom. The third-order valence-electron chi connectivity index (χ3n) is 6.96. The molecule has 0 fully saturated rings. The number of hydrogen-bond donors (Lipinski definition) is 0. The summed E-state index contributed by atoms with van der Waals surface area (Å²) in [7, 11) is -0.185. The van der Waals surface area contributed by atoms with Gasteiger partial charge in [-0.15, -0.1) is 11.5 Å². The average molecular weight is 455 g/mol. The van der Waals surface area contributed by atoms with Crippen LogP contribution in [0.5, 0.6) is 5.75 Å². The van der Waals surface area contributed by atoms with E-state index < -0.39 is 8.07 Å². The standard InChI is InChI=1S/C28H42O3Si/c1-21(2)32(22(3)4,23(5)6)20-14-18-25-17-12-10-8-9-11-15-24-16-13-19-26(30-7)27(24)28(29)31-25/h9,11,13,16,19,21-23,25H,8,10,12,15,17-18H2,1-7H3/b11-9-. The van der Waals surface area contributed by atoms with Crippen molar-refractivity contribution in [2.24, 2.45) is 0 Å². The fourth-order valence-corrected chi connectivity index (χ4v) is 10.5. The lowest BCUT2D eigenvalue weighted by atomic mass is 10.0. The van der Waals surface area contributed by atoms with Gasteiger partial charge in [0, 0.05) is 6.42 Å². The van der Waals surface area contributed by atoms with Crippen LogP contribution in [0, 0.1) is 11.5 Å². The lowest BCUT2D eigenvalue weighted by Gasteiger charge is -2.38. The summed E-state index contributed by atoms with van der Waals surface area (Å²) in [6, 6.07) is 5.75. The smallest absolute Gasteiger partial charge is 0.342 e. The van der Waals surface area contributed by atoms with Gasteiger partial charge in [-0.2, -0.15) is 0 Å². The molecule has 1 heterocycles. The third kappa shape index (κ3) is 6.29. The fourth-order valence-electron chi connectivity index (χ4n) is 5.27. The minimum atomic E-state index is -1.79. The van der Waals surface area contributed by atoms with E-state index in [9.17, 15) is 4.79 Å². The number of fused-ring (bicyclic) bond motifs is 1. The SMILES string of the molecule is COc1cccc2c1C(=O)OC(CC#C[Si](C(C)C)(C(C)C)C(C)C)CCCC/C=C\C2. The summed E-state index contributed by atoms with van der Waals surface area (Å²) in [6.07, 6.45) is 9.52. The Hall–Kier alpha value is -1.99. The number of hydrogen-bond acceptors (Lipinski definition) is 3. The first-order valence-electron chi connectivity index (χ1n) is 12.3. The van der Waals surface area contributed by atoms with Crippen molar-refractivity contribution in [2.45, 2.75) is 103 Å². The minimum absolute atomic E-state index is 0.186. The molecule has 0 amide bonds. The summed E-state index contributed by atoms with van der Waals surface area (Å²) < 4.78 is 11.6. The second kappa shape index (κ2) is 12.3. The molecule has 1 aromatic rings. The Morgan fingerprint density at radius 3 is 2.38 bits per heavy atom. The van der Waals surface area contributed by atoms with Gasteiger partial charge in [-0.3, -0.25) is 0 Å². The normalized spacial score (nSPS) is 18.8. The topological polar surface area (TPSA) is 35.5 Å². The van der Waals surface area contributed by atoms with Crippen LogP contribution in [0.4, 0.5) is 0 Å². The van der Waals surface area contributed by atoms with E-state index in [1.807, 2.05) is 18.2 Å². The quantitative estimate of drug-likeness (QED) is 0.200. The monoisotopic (exact) mass is 454 g/mol. The number of esters is 1. The average Bonchev–Trinajstić information content (AvgIpc) is 2.73. The second-order valence-corrected chi connectivity index (χ2v) is 15.5. The van der Waals surface area contributed by atoms with E-state index in [1.54, 1.807) is 7.11 Å². The van der Waals surface area contributed by atoms with E-state index in [4.69, 9.17) is 9.47 Å². The molecular weight excluding hydrogens is 412 g/mol. The molecule has 1 aromatic carbocycles. The summed E-state index contributed by atoms with van der Waals surface area (Å²) >= 11 is 0. The van der Waals surface area contributed by atoms with Gasteiger partial charge in [-0.1, -0.05) is 65.8 Å². The molecule has 4 heteroatoms. The molecule has 0 saturated heterocycles. The van der Waals surface area contributed by atoms with Crippen LogP contribution in [0.2, 0.25) is 16.6 Å². The highest BCUT2D eigenvalue weighted by Crippen LogP contribution is 2.40. The lowest BCUT2D eigenvalue weighted by Crippen LogP contribution is -2.43. The van der Waals surface area contributed by atoms with E-state index >= 15 is 0 Å². The Labute approximate surface area is 197 Å². The second-order valence-electron chi connectivity index (χ2n) is 9.88. The predicted molar refractivity (Wildman–Crippen MR) is 137 cm³/mol. The summed E-state index contributed by atoms with van der Waals surface area (Å²) in [5.41, 5.74) is 7.06. The van der Waals surface area contributed by atoms with Crippen LogP contribution < -0.4 is 4.74 Å². The maximum atomic E-state index is 13.2. The van der Waals surface area contributed by atoms with Crippen molar-refractivity contribution in [3.8, 4) is 17.2 Å². The summed E-state index contributed by atoms with van der Waals surface area (Å²) in [6.45, 7) is 14.0. The predicted octanol–water partition coefficient (Wildman–Crippen LogP) is 7.50. The molecular formula is C28H42O3Si. The first-order chi connectivity index (χ1) is 15.2. The van der Waals surface area contributed by atoms with Crippen molar-refractivity contribution in [1.29, 1.82) is 0 Å². The molecule has 0 aromatic heterocycles. The van der Waals surface area contributed by atoms with Gasteiger partial charge in [0.1, 0.15) is 25.5 Å². The number of methoxy groups -OCH3 is 1. The molecule has 0 spiro atoms. The van der Waals surface area contributed by atoms with E-state index in [-0.39, 0.29) is 12.1 Å². The molecule has 2 rings (SSSR count). The molecule has 0 N–H and O–H groups in total. The number of carbonyl (C=O) groups excluding carboxylic acids is 1. The van der Waals surface area contributed by atoms with Crippen LogP contribution in [0.25, 0.3) is 0 Å². The van der Waals surface area contributed by atoms with Crippen molar-refractivity contribution in [1.82, 2.24) is 0 Å². The van der Waals surface area contributed by atoms with E-state index in [0.717, 1.165) is 31.2 Å². The van der Waals surface area contributed by atoms with Crippen LogP contribution in [0.3, 0.4) is 0 Å². The highest BCUT2D eigenvalue weighted by atomic mass is 28.3. The summed E-state index contributed by atoms with van der Waals surface area (Å²) in [4.78, 5) is 13.2. The zero-order chi connectivity index (χ0) is 23.7. The van der Waals surface area contributed by atoms with Crippen LogP contribution in [-0.4, -0.2) is 27.3 Å². The number of rotatable bonds is 5. The number of ether oxygens (including phenoxy) is 2. The first-order valence-corrected chi connectivity index (χ1v) is 14.5. The van der Waals surface area contributed by atoms with Crippen LogP contribution >= 0.6 is 0 Å². The maximum absolute atomic E-state index is 13.2. The highest BCUT2D eigenvalue weighted by Gasteiger charge is 2.41. The highest BCUT2D eigenvalue weighted by molar-refractivity contribution is 6.90. The number of benzene rings is 1. The van der Waals surface area contributed by atoms with Crippen LogP contribution in [0.15, 0.2) is 30.4 Å². The van der Waals surface area contributed by atoms with Gasteiger partial charge in [0.15, 0.2) is 0 Å². The fraction of sp³-hybridized carbons (Fsp3) is 0.607. The lowest BCUT2D eigenvalue weighted by molar-refractivity contribution is 0.0284. The van der Waals surface area contributed by atoms with E-state index in [2.05, 4.69) is 65.2 Å². The molecule has 0 aliphatic carbocycles. The Morgan fingerprint density at radius 2 is 1.75 bits per heavy atom. The molecule has 32 heavy (non-hydrogen) atoms. The van der Waals surface area contributed by atoms with Gasteiger partial charge in [0.2, 0.25) is 0 Å². The van der Waals surface area contributed by atoms with Gasteiger partial charge in [-0.05, 0) is 60.4 Å².